The highest BCUT2D eigenvalue weighted by atomic mass is 16.5. The number of para-hydroxylation sites is 1. The van der Waals surface area contributed by atoms with E-state index in [0.29, 0.717) is 0 Å². The van der Waals surface area contributed by atoms with Crippen molar-refractivity contribution in [2.75, 3.05) is 13.2 Å². The van der Waals surface area contributed by atoms with Gasteiger partial charge in [-0.1, -0.05) is 83.4 Å². The Morgan fingerprint density at radius 1 is 0.783 bits per heavy atom. The number of hydrogen-bond donors (Lipinski definition) is 1. The summed E-state index contributed by atoms with van der Waals surface area (Å²) in [5.74, 6) is 1.06. The van der Waals surface area contributed by atoms with Crippen LogP contribution in [0, 0.1) is 0 Å². The normalized spacial score (nSPS) is 10.9. The number of unbranched alkanes of at least 4 members (excludes halogenated alkanes) is 8. The van der Waals surface area contributed by atoms with Crippen LogP contribution >= 0.6 is 0 Å². The number of hydrogen-bond acceptors (Lipinski definition) is 2. The Morgan fingerprint density at radius 3 is 2.17 bits per heavy atom. The average Bonchev–Trinajstić information content (AvgIpc) is 2.58. The van der Waals surface area contributed by atoms with E-state index in [1.807, 2.05) is 0 Å². The molecule has 0 saturated carbocycles. The maximum Gasteiger partial charge on any atom is 0.123 e. The molecule has 2 nitrogen and oxygen atoms in total. The summed E-state index contributed by atoms with van der Waals surface area (Å²) in [6, 6.07) is 8.45. The zero-order valence-electron chi connectivity index (χ0n) is 15.4. The van der Waals surface area contributed by atoms with Crippen molar-refractivity contribution in [3.05, 3.63) is 29.8 Å². The molecule has 0 saturated heterocycles. The molecule has 0 atom stereocenters. The van der Waals surface area contributed by atoms with Crippen LogP contribution in [0.25, 0.3) is 0 Å². The van der Waals surface area contributed by atoms with Gasteiger partial charge in [-0.05, 0) is 25.5 Å². The summed E-state index contributed by atoms with van der Waals surface area (Å²) in [4.78, 5) is 0. The standard InChI is InChI=1S/C21H37NO/c1-3-5-7-9-13-17-22-19-20-15-11-12-16-21(20)23-18-14-10-8-6-4-2/h11-12,15-16,22H,3-10,13-14,17-19H2,1-2H3. The van der Waals surface area contributed by atoms with Gasteiger partial charge in [-0.15, -0.1) is 0 Å². The predicted molar refractivity (Wildman–Crippen MR) is 101 cm³/mol. The van der Waals surface area contributed by atoms with Gasteiger partial charge in [0.25, 0.3) is 0 Å². The van der Waals surface area contributed by atoms with Crippen molar-refractivity contribution in [3.8, 4) is 5.75 Å². The molecule has 1 N–H and O–H groups in total. The molecular weight excluding hydrogens is 282 g/mol. The molecule has 0 radical (unpaired) electrons. The molecule has 0 amide bonds. The number of nitrogens with one attached hydrogen (secondary N) is 1. The molecule has 23 heavy (non-hydrogen) atoms. The van der Waals surface area contributed by atoms with E-state index in [0.717, 1.165) is 25.4 Å². The first kappa shape index (κ1) is 20.0. The molecule has 1 rings (SSSR count). The maximum absolute atomic E-state index is 5.99. The van der Waals surface area contributed by atoms with E-state index in [1.54, 1.807) is 0 Å². The van der Waals surface area contributed by atoms with Crippen LogP contribution in [0.4, 0.5) is 0 Å². The van der Waals surface area contributed by atoms with Crippen molar-refractivity contribution in [2.45, 2.75) is 84.6 Å². The van der Waals surface area contributed by atoms with Crippen LogP contribution in [0.5, 0.6) is 5.75 Å². The first-order chi connectivity index (χ1) is 11.4. The van der Waals surface area contributed by atoms with Gasteiger partial charge in [0, 0.05) is 12.1 Å². The number of rotatable bonds is 15. The van der Waals surface area contributed by atoms with Crippen LogP contribution in [0.15, 0.2) is 24.3 Å². The lowest BCUT2D eigenvalue weighted by atomic mass is 10.1. The van der Waals surface area contributed by atoms with E-state index in [-0.39, 0.29) is 0 Å². The van der Waals surface area contributed by atoms with Crippen LogP contribution in [-0.4, -0.2) is 13.2 Å². The van der Waals surface area contributed by atoms with E-state index in [2.05, 4.69) is 43.4 Å². The van der Waals surface area contributed by atoms with Crippen molar-refractivity contribution in [2.24, 2.45) is 0 Å². The predicted octanol–water partition coefficient (Wildman–Crippen LogP) is 6.10. The Morgan fingerprint density at radius 2 is 1.43 bits per heavy atom. The van der Waals surface area contributed by atoms with Crippen LogP contribution in [0.3, 0.4) is 0 Å². The van der Waals surface area contributed by atoms with Gasteiger partial charge in [0.2, 0.25) is 0 Å². The van der Waals surface area contributed by atoms with Crippen molar-refractivity contribution in [1.29, 1.82) is 0 Å². The minimum Gasteiger partial charge on any atom is -0.493 e. The molecule has 0 spiro atoms. The summed E-state index contributed by atoms with van der Waals surface area (Å²) >= 11 is 0. The van der Waals surface area contributed by atoms with Gasteiger partial charge in [-0.25, -0.2) is 0 Å². The van der Waals surface area contributed by atoms with Gasteiger partial charge in [0.15, 0.2) is 0 Å². The highest BCUT2D eigenvalue weighted by molar-refractivity contribution is 5.33. The topological polar surface area (TPSA) is 21.3 Å². The van der Waals surface area contributed by atoms with Gasteiger partial charge >= 0.3 is 0 Å². The number of ether oxygens (including phenoxy) is 1. The highest BCUT2D eigenvalue weighted by Gasteiger charge is 2.02. The highest BCUT2D eigenvalue weighted by Crippen LogP contribution is 2.18. The Bertz CT molecular complexity index is 378. The third kappa shape index (κ3) is 10.4. The van der Waals surface area contributed by atoms with Crippen molar-refractivity contribution in [3.63, 3.8) is 0 Å². The molecule has 0 heterocycles. The Balaban J connectivity index is 2.17. The lowest BCUT2D eigenvalue weighted by molar-refractivity contribution is 0.301. The van der Waals surface area contributed by atoms with Crippen LogP contribution < -0.4 is 10.1 Å². The average molecular weight is 320 g/mol. The summed E-state index contributed by atoms with van der Waals surface area (Å²) in [6.45, 7) is 7.38. The quantitative estimate of drug-likeness (QED) is 0.395. The maximum atomic E-state index is 5.99. The minimum absolute atomic E-state index is 0.845. The van der Waals surface area contributed by atoms with Crippen molar-refractivity contribution >= 4 is 0 Å². The second kappa shape index (κ2) is 14.6. The molecule has 0 aromatic heterocycles. The summed E-state index contributed by atoms with van der Waals surface area (Å²) in [5, 5.41) is 3.56. The second-order valence-electron chi connectivity index (χ2n) is 6.46. The molecule has 1 aromatic rings. The molecule has 0 bridgehead atoms. The van der Waals surface area contributed by atoms with Gasteiger partial charge in [0.05, 0.1) is 6.61 Å². The van der Waals surface area contributed by atoms with Crippen LogP contribution in [0.2, 0.25) is 0 Å². The summed E-state index contributed by atoms with van der Waals surface area (Å²) in [6.07, 6.45) is 13.1. The molecule has 132 valence electrons. The minimum atomic E-state index is 0.845. The van der Waals surface area contributed by atoms with Gasteiger partial charge in [-0.3, -0.25) is 0 Å². The van der Waals surface area contributed by atoms with E-state index < -0.39 is 0 Å². The molecule has 2 heteroatoms. The van der Waals surface area contributed by atoms with E-state index >= 15 is 0 Å². The van der Waals surface area contributed by atoms with E-state index in [4.69, 9.17) is 4.74 Å². The second-order valence-corrected chi connectivity index (χ2v) is 6.46. The third-order valence-corrected chi connectivity index (χ3v) is 4.25. The molecule has 0 aliphatic heterocycles. The first-order valence-electron chi connectivity index (χ1n) is 9.80. The fourth-order valence-electron chi connectivity index (χ4n) is 2.76. The molecule has 0 aliphatic rings. The first-order valence-corrected chi connectivity index (χ1v) is 9.80. The molecule has 0 aliphatic carbocycles. The van der Waals surface area contributed by atoms with Gasteiger partial charge in [0.1, 0.15) is 5.75 Å². The molecule has 1 aromatic carbocycles. The monoisotopic (exact) mass is 319 g/mol. The Kier molecular flexibility index (Phi) is 12.7. The molecule has 0 unspecified atom stereocenters. The zero-order valence-corrected chi connectivity index (χ0v) is 15.4. The van der Waals surface area contributed by atoms with Crippen LogP contribution in [-0.2, 0) is 6.54 Å². The summed E-state index contributed by atoms with van der Waals surface area (Å²) in [7, 11) is 0. The van der Waals surface area contributed by atoms with Gasteiger partial charge in [-0.2, -0.15) is 0 Å². The lowest BCUT2D eigenvalue weighted by Gasteiger charge is -2.12. The van der Waals surface area contributed by atoms with Gasteiger partial charge < -0.3 is 10.1 Å². The smallest absolute Gasteiger partial charge is 0.123 e. The third-order valence-electron chi connectivity index (χ3n) is 4.25. The fraction of sp³-hybridized carbons (Fsp3) is 0.714. The number of benzene rings is 1. The van der Waals surface area contributed by atoms with Crippen molar-refractivity contribution < 1.29 is 4.74 Å². The fourth-order valence-corrected chi connectivity index (χ4v) is 2.76. The van der Waals surface area contributed by atoms with E-state index in [1.165, 1.54) is 69.8 Å². The largest absolute Gasteiger partial charge is 0.493 e. The zero-order chi connectivity index (χ0) is 16.6. The summed E-state index contributed by atoms with van der Waals surface area (Å²) < 4.78 is 5.99. The Hall–Kier alpha value is -1.02. The SMILES string of the molecule is CCCCCCCNCc1ccccc1OCCCCCCC. The van der Waals surface area contributed by atoms with E-state index in [9.17, 15) is 0 Å². The lowest BCUT2D eigenvalue weighted by Crippen LogP contribution is -2.15. The Labute approximate surface area is 144 Å². The van der Waals surface area contributed by atoms with Crippen molar-refractivity contribution in [1.82, 2.24) is 5.32 Å². The van der Waals surface area contributed by atoms with Crippen LogP contribution in [0.1, 0.15) is 83.6 Å². The molecule has 0 fully saturated rings. The molecular formula is C21H37NO. The summed E-state index contributed by atoms with van der Waals surface area (Å²) in [5.41, 5.74) is 1.29.